The second kappa shape index (κ2) is 13.7. The summed E-state index contributed by atoms with van der Waals surface area (Å²) in [5.74, 6) is 1.68. The molecule has 0 saturated heterocycles. The molecule has 0 aliphatic carbocycles. The Morgan fingerprint density at radius 2 is 1.94 bits per heavy atom. The van der Waals surface area contributed by atoms with Gasteiger partial charge in [0.1, 0.15) is 40.9 Å². The fourth-order valence-electron chi connectivity index (χ4n) is 2.90. The van der Waals surface area contributed by atoms with Gasteiger partial charge >= 0.3 is 0 Å². The monoisotopic (exact) mass is 461 g/mol. The van der Waals surface area contributed by atoms with Gasteiger partial charge in [0.25, 0.3) is 0 Å². The third kappa shape index (κ3) is 7.21. The molecular weight excluding hydrogens is 434 g/mol. The molecule has 2 rings (SSSR count). The number of nitriles is 2. The highest BCUT2D eigenvalue weighted by Crippen LogP contribution is 2.37. The molecule has 1 N–H and O–H groups in total. The molecule has 0 fully saturated rings. The van der Waals surface area contributed by atoms with Crippen molar-refractivity contribution in [2.45, 2.75) is 11.9 Å². The van der Waals surface area contributed by atoms with Crippen LogP contribution >= 0.6 is 11.8 Å². The van der Waals surface area contributed by atoms with E-state index in [0.717, 1.165) is 11.1 Å². The predicted octanol–water partition coefficient (Wildman–Crippen LogP) is 4.85. The minimum absolute atomic E-state index is 0.337. The van der Waals surface area contributed by atoms with E-state index in [1.807, 2.05) is 43.3 Å². The van der Waals surface area contributed by atoms with Crippen LogP contribution in [0.15, 0.2) is 58.6 Å². The molecule has 2 aromatic rings. The molecule has 33 heavy (non-hydrogen) atoms. The first-order valence-electron chi connectivity index (χ1n) is 10.3. The van der Waals surface area contributed by atoms with Crippen LogP contribution in [0.2, 0.25) is 0 Å². The molecule has 0 radical (unpaired) electrons. The second-order valence-corrected chi connectivity index (χ2v) is 7.69. The van der Waals surface area contributed by atoms with Crippen molar-refractivity contribution in [3.05, 3.63) is 59.7 Å². The van der Waals surface area contributed by atoms with Gasteiger partial charge in [0.2, 0.25) is 0 Å². The molecule has 0 spiro atoms. The van der Waals surface area contributed by atoms with Crippen molar-refractivity contribution in [1.82, 2.24) is 4.98 Å². The lowest BCUT2D eigenvalue weighted by Crippen LogP contribution is -2.07. The largest absolute Gasteiger partial charge is 0.491 e. The molecule has 0 atom stereocenters. The highest BCUT2D eigenvalue weighted by Gasteiger charge is 2.21. The molecule has 1 heterocycles. The Labute approximate surface area is 199 Å². The van der Waals surface area contributed by atoms with Crippen LogP contribution in [0.5, 0.6) is 5.75 Å². The van der Waals surface area contributed by atoms with Crippen LogP contribution in [0.1, 0.15) is 18.1 Å². The van der Waals surface area contributed by atoms with Crippen molar-refractivity contribution in [3.63, 3.8) is 0 Å². The molecule has 7 nitrogen and oxygen atoms in total. The normalized spacial score (nSPS) is 10.8. The highest BCUT2D eigenvalue weighted by molar-refractivity contribution is 7.99. The van der Waals surface area contributed by atoms with E-state index in [9.17, 15) is 10.5 Å². The maximum atomic E-state index is 10.0. The Morgan fingerprint density at radius 3 is 2.55 bits per heavy atom. The van der Waals surface area contributed by atoms with Gasteiger partial charge in [-0.05, 0) is 36.3 Å². The summed E-state index contributed by atoms with van der Waals surface area (Å²) in [7, 11) is 3.31. The van der Waals surface area contributed by atoms with Gasteiger partial charge < -0.3 is 14.8 Å². The first-order valence-corrected chi connectivity index (χ1v) is 11.3. The molecule has 0 aliphatic heterocycles. The molecule has 0 unspecified atom stereocenters. The zero-order valence-corrected chi connectivity index (χ0v) is 19.9. The fourth-order valence-corrected chi connectivity index (χ4v) is 3.77. The molecule has 170 valence electrons. The maximum Gasteiger partial charge on any atom is 0.146 e. The quantitative estimate of drug-likeness (QED) is 0.208. The summed E-state index contributed by atoms with van der Waals surface area (Å²) in [4.78, 5) is 8.51. The Balaban J connectivity index is 2.48. The third-order valence-electron chi connectivity index (χ3n) is 4.39. The molecule has 1 aromatic carbocycles. The van der Waals surface area contributed by atoms with Crippen molar-refractivity contribution in [2.24, 2.45) is 4.99 Å². The summed E-state index contributed by atoms with van der Waals surface area (Å²) in [5, 5.41) is 23.6. The summed E-state index contributed by atoms with van der Waals surface area (Å²) in [6.07, 6.45) is 5.36. The number of allylic oxidation sites excluding steroid dienone is 2. The molecule has 0 saturated carbocycles. The van der Waals surface area contributed by atoms with Crippen LogP contribution in [-0.4, -0.2) is 50.9 Å². The number of ether oxygens (including phenoxy) is 2. The van der Waals surface area contributed by atoms with Crippen LogP contribution < -0.4 is 10.1 Å². The minimum atomic E-state index is 0.337. The van der Waals surface area contributed by atoms with Gasteiger partial charge in [0, 0.05) is 38.2 Å². The smallest absolute Gasteiger partial charge is 0.146 e. The maximum absolute atomic E-state index is 10.0. The first kappa shape index (κ1) is 25.7. The first-order chi connectivity index (χ1) is 16.1. The molecule has 0 amide bonds. The summed E-state index contributed by atoms with van der Waals surface area (Å²) < 4.78 is 10.6. The number of aromatic nitrogens is 1. The van der Waals surface area contributed by atoms with E-state index in [0.29, 0.717) is 58.8 Å². The van der Waals surface area contributed by atoms with Gasteiger partial charge in [-0.15, -0.1) is 11.8 Å². The lowest BCUT2D eigenvalue weighted by molar-refractivity contribution is 0.146. The Morgan fingerprint density at radius 1 is 1.21 bits per heavy atom. The number of methoxy groups -OCH3 is 1. The van der Waals surface area contributed by atoms with Crippen molar-refractivity contribution in [3.8, 4) is 29.0 Å². The van der Waals surface area contributed by atoms with Crippen LogP contribution in [0.4, 0.5) is 5.82 Å². The van der Waals surface area contributed by atoms with Gasteiger partial charge in [-0.3, -0.25) is 4.99 Å². The van der Waals surface area contributed by atoms with Crippen LogP contribution in [0.25, 0.3) is 11.1 Å². The molecule has 1 aromatic heterocycles. The van der Waals surface area contributed by atoms with Gasteiger partial charge in [-0.1, -0.05) is 24.8 Å². The van der Waals surface area contributed by atoms with Crippen molar-refractivity contribution >= 4 is 23.8 Å². The van der Waals surface area contributed by atoms with Crippen LogP contribution in [-0.2, 0) is 4.74 Å². The molecular formula is C25H27N5O2S. The lowest BCUT2D eigenvalue weighted by Gasteiger charge is -2.16. The standard InChI is InChI=1S/C25H27N5O2S/c1-5-29-24-21(15-26)23(19-8-10-20(11-9-19)32-14-13-31-4)22(16-27)25(30-24)33-17-18(2)7-6-12-28-3/h6-12H,2,5,13-14,17H2,1,3-4H3,(H,29,30)/b7-6-,28-12?. The zero-order valence-electron chi connectivity index (χ0n) is 19.1. The number of nitrogens with one attached hydrogen (secondary N) is 1. The van der Waals surface area contributed by atoms with Gasteiger partial charge in [-0.2, -0.15) is 10.5 Å². The van der Waals surface area contributed by atoms with Gasteiger partial charge in [0.15, 0.2) is 0 Å². The average Bonchev–Trinajstić information content (AvgIpc) is 2.83. The fraction of sp³-hybridized carbons (Fsp3) is 0.280. The van der Waals surface area contributed by atoms with Crippen molar-refractivity contribution < 1.29 is 9.47 Å². The number of nitrogens with zero attached hydrogens (tertiary/aromatic N) is 4. The van der Waals surface area contributed by atoms with Crippen LogP contribution in [0, 0.1) is 22.7 Å². The topological polar surface area (TPSA) is 103 Å². The number of anilines is 1. The summed E-state index contributed by atoms with van der Waals surface area (Å²) in [6, 6.07) is 11.8. The number of pyridine rings is 1. The predicted molar refractivity (Wildman–Crippen MR) is 134 cm³/mol. The minimum Gasteiger partial charge on any atom is -0.491 e. The number of hydrogen-bond donors (Lipinski definition) is 1. The lowest BCUT2D eigenvalue weighted by atomic mass is 9.96. The van der Waals surface area contributed by atoms with E-state index in [-0.39, 0.29) is 0 Å². The van der Waals surface area contributed by atoms with Crippen molar-refractivity contribution in [1.29, 1.82) is 10.5 Å². The zero-order chi connectivity index (χ0) is 24.1. The summed E-state index contributed by atoms with van der Waals surface area (Å²) in [6.45, 7) is 7.49. The Kier molecular flexibility index (Phi) is 10.7. The van der Waals surface area contributed by atoms with Crippen LogP contribution in [0.3, 0.4) is 0 Å². The van der Waals surface area contributed by atoms with Crippen molar-refractivity contribution in [2.75, 3.05) is 45.0 Å². The third-order valence-corrected chi connectivity index (χ3v) is 5.48. The highest BCUT2D eigenvalue weighted by atomic mass is 32.2. The average molecular weight is 462 g/mol. The van der Waals surface area contributed by atoms with E-state index in [1.165, 1.54) is 11.8 Å². The van der Waals surface area contributed by atoms with E-state index < -0.39 is 0 Å². The van der Waals surface area contributed by atoms with E-state index in [1.54, 1.807) is 20.4 Å². The molecule has 8 heteroatoms. The summed E-state index contributed by atoms with van der Waals surface area (Å²) in [5.41, 5.74) is 2.85. The van der Waals surface area contributed by atoms with E-state index in [4.69, 9.17) is 9.47 Å². The molecule has 0 aliphatic rings. The summed E-state index contributed by atoms with van der Waals surface area (Å²) >= 11 is 1.41. The SMILES string of the molecule is C=C(/C=C\C=NC)CSc1nc(NCC)c(C#N)c(-c2ccc(OCCOC)cc2)c1C#N. The van der Waals surface area contributed by atoms with Gasteiger partial charge in [0.05, 0.1) is 12.2 Å². The number of rotatable bonds is 12. The number of benzene rings is 1. The van der Waals surface area contributed by atoms with Gasteiger partial charge in [-0.25, -0.2) is 4.98 Å². The second-order valence-electron chi connectivity index (χ2n) is 6.72. The number of hydrogen-bond acceptors (Lipinski definition) is 8. The number of aliphatic imine (C=N–C) groups is 1. The number of thioether (sulfide) groups is 1. The van der Waals surface area contributed by atoms with E-state index >= 15 is 0 Å². The molecule has 0 bridgehead atoms. The van der Waals surface area contributed by atoms with E-state index in [2.05, 4.69) is 34.0 Å². The Hall–Kier alpha value is -3.59. The Bertz CT molecular complexity index is 1100.